The largest absolute Gasteiger partial charge is 0.485 e. The second kappa shape index (κ2) is 8.07. The molecule has 0 N–H and O–H groups in total. The topological polar surface area (TPSA) is 86.6 Å². The molecule has 8 nitrogen and oxygen atoms in total. The molecular formula is C22H20N4O4S. The molecule has 0 aliphatic carbocycles. The number of nitrogens with zero attached hydrogens (tertiary/aromatic N) is 4. The standard InChI is InChI=1S/C22H20N4O4S/c1-25-19(18-13-29-16-9-4-5-10-17(16)30-18)23-24-22(25)31-12-6-11-26-20(27)14-7-2-3-8-15(14)21(26)28/h2-5,7-10,18H,6,11-13H2,1H3. The number of amides is 2. The molecule has 0 radical (unpaired) electrons. The molecule has 5 rings (SSSR count). The molecule has 1 aromatic heterocycles. The number of carbonyl (C=O) groups is 2. The monoisotopic (exact) mass is 436 g/mol. The van der Waals surface area contributed by atoms with Crippen LogP contribution in [-0.4, -0.2) is 50.4 Å². The summed E-state index contributed by atoms with van der Waals surface area (Å²) in [7, 11) is 1.89. The summed E-state index contributed by atoms with van der Waals surface area (Å²) in [5.74, 6) is 2.37. The molecule has 158 valence electrons. The number of rotatable bonds is 6. The van der Waals surface area contributed by atoms with Crippen LogP contribution in [0.1, 0.15) is 39.1 Å². The summed E-state index contributed by atoms with van der Waals surface area (Å²) >= 11 is 1.53. The highest BCUT2D eigenvalue weighted by molar-refractivity contribution is 7.99. The highest BCUT2D eigenvalue weighted by Crippen LogP contribution is 2.35. The first-order valence-corrected chi connectivity index (χ1v) is 11.0. The average molecular weight is 436 g/mol. The van der Waals surface area contributed by atoms with Crippen molar-refractivity contribution in [2.45, 2.75) is 17.7 Å². The van der Waals surface area contributed by atoms with Crippen molar-refractivity contribution >= 4 is 23.6 Å². The fourth-order valence-corrected chi connectivity index (χ4v) is 4.55. The van der Waals surface area contributed by atoms with Gasteiger partial charge in [0.25, 0.3) is 11.8 Å². The molecular weight excluding hydrogens is 416 g/mol. The number of fused-ring (bicyclic) bond motifs is 2. The van der Waals surface area contributed by atoms with Crippen molar-refractivity contribution in [2.24, 2.45) is 7.05 Å². The molecule has 0 bridgehead atoms. The van der Waals surface area contributed by atoms with Crippen LogP contribution in [0.5, 0.6) is 11.5 Å². The second-order valence-corrected chi connectivity index (χ2v) is 8.34. The molecule has 2 aromatic carbocycles. The van der Waals surface area contributed by atoms with Gasteiger partial charge in [-0.15, -0.1) is 10.2 Å². The van der Waals surface area contributed by atoms with Crippen LogP contribution in [0, 0.1) is 0 Å². The van der Waals surface area contributed by atoms with Gasteiger partial charge in [-0.1, -0.05) is 36.0 Å². The van der Waals surface area contributed by atoms with Gasteiger partial charge in [0.1, 0.15) is 6.61 Å². The molecule has 3 heterocycles. The molecule has 31 heavy (non-hydrogen) atoms. The zero-order chi connectivity index (χ0) is 21.4. The number of ether oxygens (including phenoxy) is 2. The van der Waals surface area contributed by atoms with Crippen molar-refractivity contribution in [3.8, 4) is 11.5 Å². The van der Waals surface area contributed by atoms with Crippen LogP contribution in [0.3, 0.4) is 0 Å². The maximum Gasteiger partial charge on any atom is 0.261 e. The van der Waals surface area contributed by atoms with Crippen molar-refractivity contribution in [1.82, 2.24) is 19.7 Å². The van der Waals surface area contributed by atoms with Crippen LogP contribution < -0.4 is 9.47 Å². The predicted molar refractivity (Wildman–Crippen MR) is 113 cm³/mol. The third-order valence-electron chi connectivity index (χ3n) is 5.30. The van der Waals surface area contributed by atoms with Crippen molar-refractivity contribution in [2.75, 3.05) is 18.9 Å². The van der Waals surface area contributed by atoms with Crippen molar-refractivity contribution in [3.63, 3.8) is 0 Å². The number of hydrogen-bond acceptors (Lipinski definition) is 7. The Bertz CT molecular complexity index is 1130. The molecule has 2 amide bonds. The van der Waals surface area contributed by atoms with Crippen LogP contribution in [0.15, 0.2) is 53.7 Å². The summed E-state index contributed by atoms with van der Waals surface area (Å²) in [5, 5.41) is 9.31. The minimum absolute atomic E-state index is 0.221. The number of hydrogen-bond donors (Lipinski definition) is 0. The first-order valence-electron chi connectivity index (χ1n) is 9.99. The van der Waals surface area contributed by atoms with E-state index in [1.54, 1.807) is 24.3 Å². The van der Waals surface area contributed by atoms with Gasteiger partial charge in [0.15, 0.2) is 28.6 Å². The quantitative estimate of drug-likeness (QED) is 0.333. The summed E-state index contributed by atoms with van der Waals surface area (Å²) < 4.78 is 13.7. The van der Waals surface area contributed by atoms with E-state index in [1.165, 1.54) is 16.7 Å². The SMILES string of the molecule is Cn1c(SCCCN2C(=O)c3ccccc3C2=O)nnc1C1COc2ccccc2O1. The highest BCUT2D eigenvalue weighted by Gasteiger charge is 2.34. The molecule has 9 heteroatoms. The van der Waals surface area contributed by atoms with Gasteiger partial charge in [-0.2, -0.15) is 0 Å². The smallest absolute Gasteiger partial charge is 0.261 e. The molecule has 1 unspecified atom stereocenters. The van der Waals surface area contributed by atoms with Gasteiger partial charge in [0, 0.05) is 19.3 Å². The van der Waals surface area contributed by atoms with E-state index in [0.717, 1.165) is 10.9 Å². The van der Waals surface area contributed by atoms with Gasteiger partial charge >= 0.3 is 0 Å². The predicted octanol–water partition coefficient (Wildman–Crippen LogP) is 3.11. The lowest BCUT2D eigenvalue weighted by atomic mass is 10.1. The Labute approximate surface area is 183 Å². The lowest BCUT2D eigenvalue weighted by Gasteiger charge is -2.25. The molecule has 0 saturated carbocycles. The fourth-order valence-electron chi connectivity index (χ4n) is 3.71. The molecule has 0 spiro atoms. The van der Waals surface area contributed by atoms with E-state index >= 15 is 0 Å². The molecule has 0 fully saturated rings. The Kier molecular flexibility index (Phi) is 5.11. The number of aromatic nitrogens is 3. The van der Waals surface area contributed by atoms with Gasteiger partial charge in [0.2, 0.25) is 0 Å². The fraction of sp³-hybridized carbons (Fsp3) is 0.273. The Morgan fingerprint density at radius 3 is 2.42 bits per heavy atom. The zero-order valence-electron chi connectivity index (χ0n) is 16.9. The first-order chi connectivity index (χ1) is 15.1. The third kappa shape index (κ3) is 3.54. The van der Waals surface area contributed by atoms with E-state index < -0.39 is 0 Å². The maximum absolute atomic E-state index is 12.4. The minimum Gasteiger partial charge on any atom is -0.485 e. The Morgan fingerprint density at radius 1 is 1.00 bits per heavy atom. The average Bonchev–Trinajstić information content (AvgIpc) is 3.28. The number of benzene rings is 2. The van der Waals surface area contributed by atoms with Crippen molar-refractivity contribution in [1.29, 1.82) is 0 Å². The number of thioether (sulfide) groups is 1. The summed E-state index contributed by atoms with van der Waals surface area (Å²) in [5.41, 5.74) is 0.962. The van der Waals surface area contributed by atoms with E-state index in [-0.39, 0.29) is 17.9 Å². The first kappa shape index (κ1) is 19.6. The summed E-state index contributed by atoms with van der Waals surface area (Å²) in [6.07, 6.45) is 0.328. The zero-order valence-corrected chi connectivity index (χ0v) is 17.7. The van der Waals surface area contributed by atoms with Gasteiger partial charge < -0.3 is 14.0 Å². The van der Waals surface area contributed by atoms with Crippen molar-refractivity contribution < 1.29 is 19.1 Å². The van der Waals surface area contributed by atoms with E-state index in [2.05, 4.69) is 10.2 Å². The van der Waals surface area contributed by atoms with E-state index in [0.29, 0.717) is 48.0 Å². The van der Waals surface area contributed by atoms with Crippen molar-refractivity contribution in [3.05, 3.63) is 65.5 Å². The Hall–Kier alpha value is -3.33. The highest BCUT2D eigenvalue weighted by atomic mass is 32.2. The van der Waals surface area contributed by atoms with Crippen LogP contribution in [0.2, 0.25) is 0 Å². The summed E-state index contributed by atoms with van der Waals surface area (Å²) in [4.78, 5) is 26.2. The van der Waals surface area contributed by atoms with Crippen LogP contribution in [0.25, 0.3) is 0 Å². The maximum atomic E-state index is 12.4. The normalized spacial score (nSPS) is 17.2. The van der Waals surface area contributed by atoms with Gasteiger partial charge in [0.05, 0.1) is 11.1 Å². The molecule has 2 aliphatic rings. The molecule has 0 saturated heterocycles. The third-order valence-corrected chi connectivity index (χ3v) is 6.41. The summed E-state index contributed by atoms with van der Waals surface area (Å²) in [6, 6.07) is 14.5. The molecule has 1 atom stereocenters. The summed E-state index contributed by atoms with van der Waals surface area (Å²) in [6.45, 7) is 0.744. The minimum atomic E-state index is -0.333. The molecule has 3 aromatic rings. The van der Waals surface area contributed by atoms with Crippen LogP contribution in [0.4, 0.5) is 0 Å². The van der Waals surface area contributed by atoms with E-state index in [4.69, 9.17) is 9.47 Å². The number of para-hydroxylation sites is 2. The van der Waals surface area contributed by atoms with E-state index in [1.807, 2.05) is 35.9 Å². The lowest BCUT2D eigenvalue weighted by Crippen LogP contribution is -2.31. The number of carbonyl (C=O) groups excluding carboxylic acids is 2. The second-order valence-electron chi connectivity index (χ2n) is 7.27. The molecule has 2 aliphatic heterocycles. The lowest BCUT2D eigenvalue weighted by molar-refractivity contribution is 0.0655. The van der Waals surface area contributed by atoms with Crippen LogP contribution >= 0.6 is 11.8 Å². The van der Waals surface area contributed by atoms with Gasteiger partial charge in [-0.25, -0.2) is 0 Å². The van der Waals surface area contributed by atoms with E-state index in [9.17, 15) is 9.59 Å². The van der Waals surface area contributed by atoms with Crippen LogP contribution in [-0.2, 0) is 7.05 Å². The van der Waals surface area contributed by atoms with Gasteiger partial charge in [-0.05, 0) is 30.7 Å². The Balaban J connectivity index is 1.17. The number of imide groups is 1. The van der Waals surface area contributed by atoms with Gasteiger partial charge in [-0.3, -0.25) is 14.5 Å². The Morgan fingerprint density at radius 2 is 1.68 bits per heavy atom.